The Balaban J connectivity index is 1.52. The van der Waals surface area contributed by atoms with Crippen molar-refractivity contribution < 1.29 is 13.9 Å². The Morgan fingerprint density at radius 1 is 1.37 bits per heavy atom. The number of aromatic nitrogens is 5. The van der Waals surface area contributed by atoms with Crippen molar-refractivity contribution in [3.8, 4) is 23.1 Å². The van der Waals surface area contributed by atoms with Crippen molar-refractivity contribution in [3.63, 3.8) is 0 Å². The van der Waals surface area contributed by atoms with Gasteiger partial charge in [0.2, 0.25) is 11.8 Å². The summed E-state index contributed by atoms with van der Waals surface area (Å²) in [7, 11) is 3.03. The van der Waals surface area contributed by atoms with Crippen LogP contribution in [-0.2, 0) is 0 Å². The van der Waals surface area contributed by atoms with Gasteiger partial charge in [0, 0.05) is 36.6 Å². The average molecular weight is 477 g/mol. The van der Waals surface area contributed by atoms with Gasteiger partial charge in [0.15, 0.2) is 11.5 Å². The number of carbonyl (C=O) groups excluding carboxylic acids is 1. The number of halogens is 1. The van der Waals surface area contributed by atoms with Crippen molar-refractivity contribution >= 4 is 23.0 Å². The lowest BCUT2D eigenvalue weighted by Gasteiger charge is -2.32. The number of hydrogen-bond acceptors (Lipinski definition) is 7. The van der Waals surface area contributed by atoms with Gasteiger partial charge in [-0.3, -0.25) is 9.20 Å². The van der Waals surface area contributed by atoms with Crippen LogP contribution in [-0.4, -0.2) is 50.1 Å². The Morgan fingerprint density at radius 3 is 2.83 bits per heavy atom. The van der Waals surface area contributed by atoms with E-state index in [9.17, 15) is 14.4 Å². The molecule has 0 unspecified atom stereocenters. The first kappa shape index (κ1) is 22.6. The maximum Gasteiger partial charge on any atom is 0.269 e. The lowest BCUT2D eigenvalue weighted by atomic mass is 9.75. The summed E-state index contributed by atoms with van der Waals surface area (Å²) in [5.41, 5.74) is 1.74. The second-order valence-electron chi connectivity index (χ2n) is 9.05. The zero-order valence-electron chi connectivity index (χ0n) is 19.7. The van der Waals surface area contributed by atoms with Crippen molar-refractivity contribution in [2.45, 2.75) is 38.6 Å². The highest BCUT2D eigenvalue weighted by Crippen LogP contribution is 2.37. The molecule has 0 atom stereocenters. The standard InChI is InChI=1S/C24H25FN8O2/c1-24(13-26)7-4-15(5-8-24)29-23-30-22(35-3)19-16(6-9-33(19)31-23)14-10-17(25)20-28-11-18(21(34)27-2)32(20)12-14/h6,9-12,15H,4-5,7-8H2,1-3H3,(H,27,34)(H,29,31). The topological polar surface area (TPSA) is 122 Å². The number of anilines is 1. The van der Waals surface area contributed by atoms with Crippen LogP contribution in [0.4, 0.5) is 10.3 Å². The molecule has 0 spiro atoms. The Hall–Kier alpha value is -4.20. The highest BCUT2D eigenvalue weighted by Gasteiger charge is 2.31. The van der Waals surface area contributed by atoms with Crippen LogP contribution in [0.15, 0.2) is 30.7 Å². The van der Waals surface area contributed by atoms with E-state index in [1.807, 2.05) is 6.92 Å². The zero-order valence-corrected chi connectivity index (χ0v) is 19.7. The summed E-state index contributed by atoms with van der Waals surface area (Å²) in [4.78, 5) is 20.8. The number of methoxy groups -OCH3 is 1. The lowest BCUT2D eigenvalue weighted by Crippen LogP contribution is -2.31. The molecular formula is C24H25FN8O2. The van der Waals surface area contributed by atoms with Crippen molar-refractivity contribution in [2.75, 3.05) is 19.5 Å². The van der Waals surface area contributed by atoms with E-state index in [0.717, 1.165) is 25.7 Å². The number of fused-ring (bicyclic) bond motifs is 2. The molecule has 0 bridgehead atoms. The Bertz CT molecular complexity index is 1480. The number of carbonyl (C=O) groups is 1. The molecule has 0 radical (unpaired) electrons. The molecule has 2 N–H and O–H groups in total. The number of nitrogens with zero attached hydrogens (tertiary/aromatic N) is 6. The molecule has 1 aliphatic carbocycles. The fraction of sp³-hybridized carbons (Fsp3) is 0.375. The highest BCUT2D eigenvalue weighted by atomic mass is 19.1. The summed E-state index contributed by atoms with van der Waals surface area (Å²) in [5.74, 6) is -0.180. The van der Waals surface area contributed by atoms with Crippen LogP contribution >= 0.6 is 0 Å². The maximum atomic E-state index is 14.9. The lowest BCUT2D eigenvalue weighted by molar-refractivity contribution is 0.0957. The van der Waals surface area contributed by atoms with Gasteiger partial charge in [0.05, 0.1) is 24.8 Å². The molecule has 0 aromatic carbocycles. The summed E-state index contributed by atoms with van der Waals surface area (Å²) in [6.07, 6.45) is 8.08. The van der Waals surface area contributed by atoms with E-state index >= 15 is 0 Å². The van der Waals surface area contributed by atoms with Crippen molar-refractivity contribution in [1.29, 1.82) is 5.26 Å². The van der Waals surface area contributed by atoms with Gasteiger partial charge in [0.25, 0.3) is 5.91 Å². The average Bonchev–Trinajstić information content (AvgIpc) is 3.49. The fourth-order valence-electron chi connectivity index (χ4n) is 4.61. The second kappa shape index (κ2) is 8.54. The van der Waals surface area contributed by atoms with Crippen LogP contribution in [0.25, 0.3) is 22.3 Å². The van der Waals surface area contributed by atoms with Crippen LogP contribution in [0, 0.1) is 22.6 Å². The number of amides is 1. The first-order valence-electron chi connectivity index (χ1n) is 11.4. The molecule has 180 valence electrons. The third kappa shape index (κ3) is 3.90. The summed E-state index contributed by atoms with van der Waals surface area (Å²) in [6, 6.07) is 5.74. The molecule has 4 aromatic heterocycles. The Labute approximate surface area is 200 Å². The number of nitriles is 1. The molecule has 1 amide bonds. The van der Waals surface area contributed by atoms with Gasteiger partial charge in [-0.2, -0.15) is 10.2 Å². The molecular weight excluding hydrogens is 451 g/mol. The molecule has 1 aliphatic rings. The van der Waals surface area contributed by atoms with E-state index < -0.39 is 5.82 Å². The van der Waals surface area contributed by atoms with Crippen LogP contribution in [0.2, 0.25) is 0 Å². The van der Waals surface area contributed by atoms with E-state index in [0.29, 0.717) is 28.5 Å². The number of rotatable bonds is 5. The van der Waals surface area contributed by atoms with Gasteiger partial charge in [0.1, 0.15) is 11.2 Å². The number of hydrogen-bond donors (Lipinski definition) is 2. The van der Waals surface area contributed by atoms with Crippen molar-refractivity contribution in [2.24, 2.45) is 5.41 Å². The fourth-order valence-corrected chi connectivity index (χ4v) is 4.61. The molecule has 0 aliphatic heterocycles. The molecule has 1 fully saturated rings. The molecule has 1 saturated carbocycles. The van der Waals surface area contributed by atoms with Crippen LogP contribution < -0.4 is 15.4 Å². The smallest absolute Gasteiger partial charge is 0.269 e. The molecule has 10 nitrogen and oxygen atoms in total. The van der Waals surface area contributed by atoms with Gasteiger partial charge in [-0.1, -0.05) is 0 Å². The second-order valence-corrected chi connectivity index (χ2v) is 9.05. The first-order valence-corrected chi connectivity index (χ1v) is 11.4. The molecule has 4 heterocycles. The number of ether oxygens (including phenoxy) is 1. The number of imidazole rings is 1. The SMILES string of the molecule is CNC(=O)c1cnc2c(F)cc(-c3ccn4nc(NC5CCC(C)(C#N)CC5)nc(OC)c34)cn12. The molecule has 11 heteroatoms. The monoisotopic (exact) mass is 476 g/mol. The van der Waals surface area contributed by atoms with Gasteiger partial charge in [-0.05, 0) is 44.7 Å². The Kier molecular flexibility index (Phi) is 5.51. The largest absolute Gasteiger partial charge is 0.479 e. The first-order chi connectivity index (χ1) is 16.9. The minimum Gasteiger partial charge on any atom is -0.479 e. The normalized spacial score (nSPS) is 20.0. The van der Waals surface area contributed by atoms with Crippen LogP contribution in [0.5, 0.6) is 5.88 Å². The van der Waals surface area contributed by atoms with Gasteiger partial charge in [-0.25, -0.2) is 13.9 Å². The van der Waals surface area contributed by atoms with Crippen molar-refractivity contribution in [3.05, 3.63) is 42.2 Å². The predicted octanol–water partition coefficient (Wildman–Crippen LogP) is 3.44. The van der Waals surface area contributed by atoms with Crippen LogP contribution in [0.1, 0.15) is 43.1 Å². The summed E-state index contributed by atoms with van der Waals surface area (Å²) in [6.45, 7) is 2.00. The number of pyridine rings is 1. The van der Waals surface area contributed by atoms with Gasteiger partial charge >= 0.3 is 0 Å². The third-order valence-electron chi connectivity index (χ3n) is 6.70. The van der Waals surface area contributed by atoms with E-state index in [2.05, 4.69) is 31.8 Å². The zero-order chi connectivity index (χ0) is 24.7. The molecule has 0 saturated heterocycles. The summed E-state index contributed by atoms with van der Waals surface area (Å²) >= 11 is 0. The van der Waals surface area contributed by atoms with E-state index in [4.69, 9.17) is 4.74 Å². The molecule has 4 aromatic rings. The quantitative estimate of drug-likeness (QED) is 0.452. The predicted molar refractivity (Wildman–Crippen MR) is 127 cm³/mol. The van der Waals surface area contributed by atoms with E-state index in [1.54, 1.807) is 23.0 Å². The van der Waals surface area contributed by atoms with E-state index in [1.165, 1.54) is 30.8 Å². The van der Waals surface area contributed by atoms with Crippen molar-refractivity contribution in [1.82, 2.24) is 29.3 Å². The minimum absolute atomic E-state index is 0.0607. The summed E-state index contributed by atoms with van der Waals surface area (Å²) in [5, 5.41) is 19.9. The van der Waals surface area contributed by atoms with Gasteiger partial charge in [-0.15, -0.1) is 5.10 Å². The van der Waals surface area contributed by atoms with Crippen LogP contribution in [0.3, 0.4) is 0 Å². The highest BCUT2D eigenvalue weighted by molar-refractivity contribution is 5.93. The number of nitrogens with one attached hydrogen (secondary N) is 2. The minimum atomic E-state index is -0.558. The molecule has 35 heavy (non-hydrogen) atoms. The van der Waals surface area contributed by atoms with E-state index in [-0.39, 0.29) is 28.7 Å². The molecule has 5 rings (SSSR count). The maximum absolute atomic E-state index is 14.9. The summed E-state index contributed by atoms with van der Waals surface area (Å²) < 4.78 is 23.5. The van der Waals surface area contributed by atoms with Gasteiger partial charge < -0.3 is 15.4 Å². The Morgan fingerprint density at radius 2 is 2.14 bits per heavy atom. The third-order valence-corrected chi connectivity index (χ3v) is 6.70.